The molecule has 2 N–H and O–H groups in total. The highest BCUT2D eigenvalue weighted by atomic mass is 32.3. The van der Waals surface area contributed by atoms with Gasteiger partial charge in [0, 0.05) is 0 Å². The van der Waals surface area contributed by atoms with Crippen LogP contribution < -0.4 is 4.72 Å². The summed E-state index contributed by atoms with van der Waals surface area (Å²) in [5, 5.41) is 0. The minimum Gasteiger partial charge on any atom is -0.264 e. The fourth-order valence-corrected chi connectivity index (χ4v) is 1.26. The lowest BCUT2D eigenvalue weighted by atomic mass is 10.9. The normalized spacial score (nSPS) is 11.6. The van der Waals surface area contributed by atoms with Gasteiger partial charge in [-0.05, 0) is 7.05 Å². The third-order valence-corrected chi connectivity index (χ3v) is 2.69. The summed E-state index contributed by atoms with van der Waals surface area (Å²) in [6, 6.07) is 0. The van der Waals surface area contributed by atoms with Gasteiger partial charge < -0.3 is 0 Å². The molecule has 0 atom stereocenters. The Morgan fingerprint density at radius 2 is 1.71 bits per heavy atom. The quantitative estimate of drug-likeness (QED) is 0.484. The van der Waals surface area contributed by atoms with Crippen LogP contribution in [-0.4, -0.2) is 40.8 Å². The molecule has 7 nitrogen and oxygen atoms in total. The summed E-state index contributed by atoms with van der Waals surface area (Å²) in [7, 11) is -6.86. The first-order valence-electron chi connectivity index (χ1n) is 3.30. The Morgan fingerprint density at radius 3 is 2.00 bits per heavy atom. The van der Waals surface area contributed by atoms with Crippen LogP contribution in [0.25, 0.3) is 0 Å². The van der Waals surface area contributed by atoms with Gasteiger partial charge in [-0.3, -0.25) is 4.55 Å². The molecule has 0 amide bonds. The Morgan fingerprint density at radius 1 is 1.29 bits per heavy atom. The van der Waals surface area contributed by atoms with E-state index in [-0.39, 0.29) is 0 Å². The standard InChI is InChI=1S/C3H9NO6S2.C2H4/c1-4-11(5,6)3-2-10-12(7,8)9;1-2/h4H,2-3H2,1H3,(H,7,8,9);1-2H2. The molecular formula is C5H13NO6S2. The Labute approximate surface area is 83.8 Å². The van der Waals surface area contributed by atoms with Gasteiger partial charge in [-0.1, -0.05) is 0 Å². The molecule has 0 aliphatic heterocycles. The first kappa shape index (κ1) is 16.0. The monoisotopic (exact) mass is 247 g/mol. The van der Waals surface area contributed by atoms with Crippen molar-refractivity contribution in [3.8, 4) is 0 Å². The fourth-order valence-electron chi connectivity index (χ4n) is 0.351. The topological polar surface area (TPSA) is 110 Å². The molecule has 0 rings (SSSR count). The van der Waals surface area contributed by atoms with Crippen LogP contribution in [0.4, 0.5) is 0 Å². The summed E-state index contributed by atoms with van der Waals surface area (Å²) in [6.07, 6.45) is 0. The highest BCUT2D eigenvalue weighted by Crippen LogP contribution is 1.88. The van der Waals surface area contributed by atoms with E-state index < -0.39 is 32.8 Å². The summed E-state index contributed by atoms with van der Waals surface area (Å²) >= 11 is 0. The van der Waals surface area contributed by atoms with Crippen LogP contribution in [0.1, 0.15) is 0 Å². The molecule has 0 heterocycles. The maximum Gasteiger partial charge on any atom is 0.397 e. The van der Waals surface area contributed by atoms with E-state index in [9.17, 15) is 16.8 Å². The van der Waals surface area contributed by atoms with Crippen LogP contribution in [0.15, 0.2) is 13.2 Å². The van der Waals surface area contributed by atoms with Crippen molar-refractivity contribution in [2.45, 2.75) is 0 Å². The summed E-state index contributed by atoms with van der Waals surface area (Å²) in [6.45, 7) is 5.39. The second-order valence-electron chi connectivity index (χ2n) is 1.77. The largest absolute Gasteiger partial charge is 0.397 e. The van der Waals surface area contributed by atoms with Gasteiger partial charge in [-0.2, -0.15) is 8.42 Å². The fraction of sp³-hybridized carbons (Fsp3) is 0.600. The maximum atomic E-state index is 10.6. The summed E-state index contributed by atoms with van der Waals surface area (Å²) in [5.41, 5.74) is 0. The van der Waals surface area contributed by atoms with E-state index in [4.69, 9.17) is 4.55 Å². The third-order valence-electron chi connectivity index (χ3n) is 0.895. The summed E-state index contributed by atoms with van der Waals surface area (Å²) in [5.74, 6) is -0.525. The van der Waals surface area contributed by atoms with E-state index in [0.29, 0.717) is 0 Å². The summed E-state index contributed by atoms with van der Waals surface area (Å²) < 4.78 is 54.8. The highest BCUT2D eigenvalue weighted by molar-refractivity contribution is 7.89. The zero-order chi connectivity index (χ0) is 11.8. The van der Waals surface area contributed by atoms with Gasteiger partial charge in [0.2, 0.25) is 10.0 Å². The molecule has 0 aliphatic rings. The van der Waals surface area contributed by atoms with Crippen LogP contribution in [0.3, 0.4) is 0 Å². The van der Waals surface area contributed by atoms with Crippen molar-refractivity contribution in [3.63, 3.8) is 0 Å². The second kappa shape index (κ2) is 6.90. The lowest BCUT2D eigenvalue weighted by molar-refractivity contribution is 0.283. The number of hydrogen-bond acceptors (Lipinski definition) is 5. The average molecular weight is 247 g/mol. The minimum atomic E-state index is -4.55. The van der Waals surface area contributed by atoms with Gasteiger partial charge in [0.1, 0.15) is 0 Å². The van der Waals surface area contributed by atoms with Gasteiger partial charge in [0.25, 0.3) is 0 Å². The average Bonchev–Trinajstić information content (AvgIpc) is 2.05. The lowest BCUT2D eigenvalue weighted by Gasteiger charge is -2.00. The molecule has 86 valence electrons. The van der Waals surface area contributed by atoms with Crippen molar-refractivity contribution in [1.29, 1.82) is 0 Å². The zero-order valence-corrected chi connectivity index (χ0v) is 9.27. The number of nitrogens with one attached hydrogen (secondary N) is 1. The maximum absolute atomic E-state index is 10.6. The molecule has 0 aliphatic carbocycles. The van der Waals surface area contributed by atoms with Crippen LogP contribution in [0, 0.1) is 0 Å². The molecule has 14 heavy (non-hydrogen) atoms. The summed E-state index contributed by atoms with van der Waals surface area (Å²) in [4.78, 5) is 0. The molecule has 0 saturated heterocycles. The second-order valence-corrected chi connectivity index (χ2v) is 4.91. The van der Waals surface area contributed by atoms with Crippen molar-refractivity contribution >= 4 is 20.4 Å². The molecule has 0 radical (unpaired) electrons. The van der Waals surface area contributed by atoms with Gasteiger partial charge in [0.05, 0.1) is 12.4 Å². The molecule has 0 spiro atoms. The molecular weight excluding hydrogens is 234 g/mol. The van der Waals surface area contributed by atoms with Gasteiger partial charge >= 0.3 is 10.4 Å². The lowest BCUT2D eigenvalue weighted by Crippen LogP contribution is -2.25. The zero-order valence-electron chi connectivity index (χ0n) is 7.63. The number of sulfonamides is 1. The first-order chi connectivity index (χ1) is 6.27. The van der Waals surface area contributed by atoms with Crippen LogP contribution in [0.5, 0.6) is 0 Å². The highest BCUT2D eigenvalue weighted by Gasteiger charge is 2.10. The van der Waals surface area contributed by atoms with E-state index in [1.807, 2.05) is 4.72 Å². The van der Waals surface area contributed by atoms with Crippen LogP contribution >= 0.6 is 0 Å². The SMILES string of the molecule is C=C.CNS(=O)(=O)CCOS(=O)(=O)O. The van der Waals surface area contributed by atoms with E-state index in [1.54, 1.807) is 0 Å². The van der Waals surface area contributed by atoms with Crippen molar-refractivity contribution in [2.75, 3.05) is 19.4 Å². The van der Waals surface area contributed by atoms with E-state index in [1.165, 1.54) is 7.05 Å². The number of rotatable bonds is 5. The Hall–Kier alpha value is -0.480. The Bertz CT molecular complexity index is 331. The van der Waals surface area contributed by atoms with Crippen molar-refractivity contribution < 1.29 is 25.6 Å². The Balaban J connectivity index is 0. The molecule has 0 unspecified atom stereocenters. The van der Waals surface area contributed by atoms with E-state index in [2.05, 4.69) is 17.3 Å². The molecule has 0 aromatic carbocycles. The van der Waals surface area contributed by atoms with Crippen molar-refractivity contribution in [2.24, 2.45) is 0 Å². The van der Waals surface area contributed by atoms with Gasteiger partial charge in [0.15, 0.2) is 0 Å². The van der Waals surface area contributed by atoms with Crippen LogP contribution in [-0.2, 0) is 24.6 Å². The van der Waals surface area contributed by atoms with E-state index in [0.717, 1.165) is 0 Å². The van der Waals surface area contributed by atoms with E-state index >= 15 is 0 Å². The first-order valence-corrected chi connectivity index (χ1v) is 6.31. The molecule has 0 saturated carbocycles. The van der Waals surface area contributed by atoms with Crippen molar-refractivity contribution in [1.82, 2.24) is 4.72 Å². The molecule has 9 heteroatoms. The third kappa shape index (κ3) is 11.5. The molecule has 0 aromatic rings. The predicted molar refractivity (Wildman–Crippen MR) is 51.6 cm³/mol. The van der Waals surface area contributed by atoms with Crippen molar-refractivity contribution in [3.05, 3.63) is 13.2 Å². The molecule has 0 aromatic heterocycles. The predicted octanol–water partition coefficient (Wildman–Crippen LogP) is -0.843. The molecule has 0 fully saturated rings. The van der Waals surface area contributed by atoms with Crippen LogP contribution in [0.2, 0.25) is 0 Å². The minimum absolute atomic E-state index is 0.525. The smallest absolute Gasteiger partial charge is 0.264 e. The van der Waals surface area contributed by atoms with Gasteiger partial charge in [-0.25, -0.2) is 17.3 Å². The van der Waals surface area contributed by atoms with Gasteiger partial charge in [-0.15, -0.1) is 13.2 Å². The Kier molecular flexibility index (Phi) is 7.87. The number of hydrogen-bond donors (Lipinski definition) is 2. The molecule has 0 bridgehead atoms.